The second-order valence-corrected chi connectivity index (χ2v) is 23.6. The number of fused-ring (bicyclic) bond motifs is 1. The van der Waals surface area contributed by atoms with Gasteiger partial charge in [-0.3, -0.25) is 19.2 Å². The predicted molar refractivity (Wildman–Crippen MR) is 289 cm³/mol. The Balaban J connectivity index is 1.12. The number of rotatable bonds is 19. The highest BCUT2D eigenvalue weighted by molar-refractivity contribution is 5.93. The van der Waals surface area contributed by atoms with Crippen LogP contribution in [0.1, 0.15) is 143 Å². The normalized spacial score (nSPS) is 37.4. The number of ketones is 1. The molecular weight excluding hydrogens is 1010 g/mol. The van der Waals surface area contributed by atoms with E-state index in [4.69, 9.17) is 33.2 Å². The maximum Gasteiger partial charge on any atom is 0.341 e. The highest BCUT2D eigenvalue weighted by Gasteiger charge is 2.54. The Morgan fingerprint density at radius 1 is 0.897 bits per heavy atom. The van der Waals surface area contributed by atoms with Gasteiger partial charge in [-0.25, -0.2) is 4.79 Å². The molecule has 1 aromatic heterocycles. The fourth-order valence-corrected chi connectivity index (χ4v) is 12.0. The Bertz CT molecular complexity index is 2450. The summed E-state index contributed by atoms with van der Waals surface area (Å²) in [4.78, 5) is 68.4. The molecule has 0 amide bonds. The van der Waals surface area contributed by atoms with Gasteiger partial charge in [-0.2, -0.15) is 0 Å². The highest BCUT2D eigenvalue weighted by Crippen LogP contribution is 2.42. The van der Waals surface area contributed by atoms with Crippen LogP contribution in [0.25, 0.3) is 10.9 Å². The van der Waals surface area contributed by atoms with Gasteiger partial charge < -0.3 is 78.8 Å². The lowest BCUT2D eigenvalue weighted by molar-refractivity contribution is -0.318. The summed E-state index contributed by atoms with van der Waals surface area (Å²) < 4.78 is 46.3. The van der Waals surface area contributed by atoms with E-state index in [-0.39, 0.29) is 49.4 Å². The van der Waals surface area contributed by atoms with Crippen LogP contribution >= 0.6 is 0 Å². The van der Waals surface area contributed by atoms with Crippen LogP contribution in [0.3, 0.4) is 0 Å². The number of cyclic esters (lactones) is 1. The highest BCUT2D eigenvalue weighted by atomic mass is 16.7. The number of methoxy groups -OCH3 is 1. The van der Waals surface area contributed by atoms with Crippen molar-refractivity contribution in [3.8, 4) is 0 Å². The number of hydrogen-bond donors (Lipinski definition) is 7. The fourth-order valence-electron chi connectivity index (χ4n) is 12.0. The predicted octanol–water partition coefficient (Wildman–Crippen LogP) is 4.56. The molecule has 4 heterocycles. The number of carboxylic acid groups (broad SMARTS) is 1. The molecule has 18 atom stereocenters. The largest absolute Gasteiger partial charge is 0.477 e. The van der Waals surface area contributed by atoms with Crippen molar-refractivity contribution in [1.82, 2.24) is 14.8 Å². The van der Waals surface area contributed by atoms with Gasteiger partial charge in [-0.15, -0.1) is 0 Å². The Morgan fingerprint density at radius 2 is 1.58 bits per heavy atom. The van der Waals surface area contributed by atoms with Crippen LogP contribution in [-0.4, -0.2) is 184 Å². The van der Waals surface area contributed by atoms with Crippen LogP contribution in [-0.2, 0) is 47.5 Å². The standard InChI is InChI=1S/C57H90N4O17/c1-14-42-57(10,71)49(66)32(4)45(63)30(2)27-55(8,70)50(78-54-47(65)41(60(11)12)25-31(3)73-54)33(5)48(34(6)53(69)75-42)77-44-28-56(9,72-13)51(35(7)74-44)76-43(62)21-24-58-22-15-16-23-59-36-17-20-38-40(26-36)61(37-18-19-37)29-39(46(38)64)52(67)68/h17,20,26,29-35,37,41-42,44,47-51,54,58-59,65-66,70-71H,14-16,18-19,21-25,27-28H2,1-13H3,(H,67,68)/t30-,31-,32+,33+,34-,35+,41+,42-,44+,47-,48+,49-,50-,51+,54+,55-,56-,57-/m1/s1. The number of pyridine rings is 1. The molecule has 3 aliphatic heterocycles. The maximum atomic E-state index is 14.5. The van der Waals surface area contributed by atoms with E-state index in [1.807, 2.05) is 36.6 Å². The number of ether oxygens (including phenoxy) is 7. The Hall–Kier alpha value is -4.13. The number of aliphatic hydroxyl groups excluding tert-OH is 2. The van der Waals surface area contributed by atoms with Crippen molar-refractivity contribution in [1.29, 1.82) is 0 Å². The number of esters is 2. The Labute approximate surface area is 458 Å². The minimum Gasteiger partial charge on any atom is -0.477 e. The number of carboxylic acids is 1. The van der Waals surface area contributed by atoms with E-state index in [0.717, 1.165) is 31.4 Å². The number of likely N-dealkylation sites (N-methyl/N-ethyl adjacent to an activating group) is 1. The summed E-state index contributed by atoms with van der Waals surface area (Å²) >= 11 is 0. The number of nitrogens with one attached hydrogen (secondary N) is 2. The first-order valence-corrected chi connectivity index (χ1v) is 28.0. The van der Waals surface area contributed by atoms with Gasteiger partial charge in [0, 0.05) is 73.7 Å². The first-order chi connectivity index (χ1) is 36.6. The zero-order valence-corrected chi connectivity index (χ0v) is 48.1. The molecule has 21 heteroatoms. The smallest absolute Gasteiger partial charge is 0.341 e. The van der Waals surface area contributed by atoms with Gasteiger partial charge in [0.15, 0.2) is 18.7 Å². The molecule has 4 fully saturated rings. The van der Waals surface area contributed by atoms with Gasteiger partial charge >= 0.3 is 17.9 Å². The molecule has 1 saturated carbocycles. The topological polar surface area (TPSA) is 283 Å². The molecule has 0 spiro atoms. The molecule has 0 bridgehead atoms. The van der Waals surface area contributed by atoms with Gasteiger partial charge in [0.2, 0.25) is 5.43 Å². The summed E-state index contributed by atoms with van der Waals surface area (Å²) in [6, 6.07) is 5.16. The molecule has 21 nitrogen and oxygen atoms in total. The van der Waals surface area contributed by atoms with E-state index in [2.05, 4.69) is 10.6 Å². The van der Waals surface area contributed by atoms with Crippen molar-refractivity contribution in [2.24, 2.45) is 23.7 Å². The van der Waals surface area contributed by atoms with Crippen LogP contribution in [0.5, 0.6) is 0 Å². The summed E-state index contributed by atoms with van der Waals surface area (Å²) in [7, 11) is 5.17. The zero-order chi connectivity index (χ0) is 57.8. The number of Topliss-reactive ketones (excluding diaryl/α,β-unsaturated/α-hetero) is 1. The first kappa shape index (κ1) is 63.1. The van der Waals surface area contributed by atoms with Crippen molar-refractivity contribution in [2.75, 3.05) is 46.2 Å². The average Bonchev–Trinajstić information content (AvgIpc) is 4.25. The van der Waals surface area contributed by atoms with Crippen molar-refractivity contribution in [3.63, 3.8) is 0 Å². The lowest BCUT2D eigenvalue weighted by atomic mass is 9.74. The molecule has 2 aromatic rings. The molecule has 440 valence electrons. The minimum atomic E-state index is -2.05. The molecule has 0 radical (unpaired) electrons. The van der Waals surface area contributed by atoms with E-state index in [1.165, 1.54) is 34.1 Å². The lowest BCUT2D eigenvalue weighted by Gasteiger charge is -2.49. The lowest BCUT2D eigenvalue weighted by Crippen LogP contribution is -2.61. The van der Waals surface area contributed by atoms with Crippen LogP contribution in [0, 0.1) is 23.7 Å². The van der Waals surface area contributed by atoms with Crippen molar-refractivity contribution in [3.05, 3.63) is 40.2 Å². The van der Waals surface area contributed by atoms with Gasteiger partial charge in [-0.1, -0.05) is 27.7 Å². The number of benzene rings is 1. The summed E-state index contributed by atoms with van der Waals surface area (Å²) in [6.45, 7) is 18.0. The van der Waals surface area contributed by atoms with E-state index in [0.29, 0.717) is 37.0 Å². The third kappa shape index (κ3) is 14.5. The third-order valence-electron chi connectivity index (χ3n) is 16.9. The van der Waals surface area contributed by atoms with Gasteiger partial charge in [0.25, 0.3) is 0 Å². The minimum absolute atomic E-state index is 0.0183. The zero-order valence-electron chi connectivity index (χ0n) is 48.1. The molecule has 4 aliphatic rings. The summed E-state index contributed by atoms with van der Waals surface area (Å²) in [6.07, 6.45) is -5.47. The molecule has 1 aliphatic carbocycles. The molecule has 1 aromatic carbocycles. The number of aromatic carboxylic acids is 1. The van der Waals surface area contributed by atoms with Crippen molar-refractivity contribution in [2.45, 2.75) is 217 Å². The van der Waals surface area contributed by atoms with E-state index in [9.17, 15) is 49.5 Å². The first-order valence-electron chi connectivity index (χ1n) is 28.0. The number of nitrogens with zero attached hydrogens (tertiary/aromatic N) is 2. The van der Waals surface area contributed by atoms with E-state index >= 15 is 0 Å². The number of carbonyl (C=O) groups excluding carboxylic acids is 3. The van der Waals surface area contributed by atoms with Crippen LogP contribution in [0.2, 0.25) is 0 Å². The summed E-state index contributed by atoms with van der Waals surface area (Å²) in [5, 5.41) is 64.3. The second kappa shape index (κ2) is 26.2. The number of aromatic nitrogens is 1. The van der Waals surface area contributed by atoms with Crippen LogP contribution < -0.4 is 16.1 Å². The number of carbonyl (C=O) groups is 4. The third-order valence-corrected chi connectivity index (χ3v) is 16.9. The Kier molecular flexibility index (Phi) is 21.2. The average molecular weight is 1100 g/mol. The molecule has 6 rings (SSSR count). The van der Waals surface area contributed by atoms with E-state index < -0.39 is 125 Å². The van der Waals surface area contributed by atoms with E-state index in [1.54, 1.807) is 53.7 Å². The monoisotopic (exact) mass is 1100 g/mol. The fraction of sp³-hybridized carbons (Fsp3) is 0.772. The maximum absolute atomic E-state index is 14.5. The molecule has 7 N–H and O–H groups in total. The van der Waals surface area contributed by atoms with Crippen LogP contribution in [0.4, 0.5) is 5.69 Å². The molecule has 3 saturated heterocycles. The number of anilines is 1. The number of hydrogen-bond acceptors (Lipinski definition) is 19. The summed E-state index contributed by atoms with van der Waals surface area (Å²) in [5.74, 6) is -7.02. The molecular formula is C57H90N4O17. The van der Waals surface area contributed by atoms with Gasteiger partial charge in [-0.05, 0) is 125 Å². The second-order valence-electron chi connectivity index (χ2n) is 23.6. The van der Waals surface area contributed by atoms with Crippen LogP contribution in [0.15, 0.2) is 29.2 Å². The van der Waals surface area contributed by atoms with Crippen molar-refractivity contribution < 1.29 is 77.9 Å². The van der Waals surface area contributed by atoms with Gasteiger partial charge in [0.1, 0.15) is 34.8 Å². The molecule has 78 heavy (non-hydrogen) atoms. The Morgan fingerprint density at radius 3 is 2.21 bits per heavy atom. The van der Waals surface area contributed by atoms with Crippen molar-refractivity contribution >= 4 is 40.3 Å². The molecule has 0 unspecified atom stereocenters. The quantitative estimate of drug-likeness (QED) is 0.0750. The number of aliphatic hydroxyl groups is 4. The van der Waals surface area contributed by atoms with Gasteiger partial charge in [0.05, 0.1) is 54.0 Å². The number of unbranched alkanes of at least 4 members (excludes halogenated alkanes) is 1. The summed E-state index contributed by atoms with van der Waals surface area (Å²) in [5.41, 5.74) is -4.28. The SMILES string of the molecule is CC[C@H]1OC(=O)[C@H](C)[C@@H](O[C@H]2C[C@@](C)(OC)[C@@H](OC(=O)CCNCCCCNc3ccc4c(=O)c(C(=O)O)cn(C5CC5)c4c3)[C@H](C)O2)[C@H](C)[C@@H](O[C@@H]2O[C@H](C)C[C@H](N(C)C)[C@H]2O)[C@](C)(O)C[C@@H](C)C(=O)[C@H](C)[C@@H](O)[C@]1(C)O.